The first-order chi connectivity index (χ1) is 9.06. The zero-order valence-electron chi connectivity index (χ0n) is 11.0. The summed E-state index contributed by atoms with van der Waals surface area (Å²) >= 11 is 6.03. The maximum Gasteiger partial charge on any atom is 0.308 e. The number of halogens is 1. The fraction of sp³-hybridized carbons (Fsp3) is 0.533. The van der Waals surface area contributed by atoms with Crippen molar-refractivity contribution in [3.63, 3.8) is 0 Å². The third kappa shape index (κ3) is 2.26. The summed E-state index contributed by atoms with van der Waals surface area (Å²) in [5.74, 6) is -0.658. The molecule has 3 nitrogen and oxygen atoms in total. The molecule has 0 radical (unpaired) electrons. The van der Waals surface area contributed by atoms with Gasteiger partial charge in [-0.3, -0.25) is 9.69 Å². The molecule has 1 aliphatic carbocycles. The summed E-state index contributed by atoms with van der Waals surface area (Å²) in [5, 5.41) is 10.0. The van der Waals surface area contributed by atoms with Crippen LogP contribution in [0.4, 0.5) is 0 Å². The molecule has 19 heavy (non-hydrogen) atoms. The Morgan fingerprint density at radius 1 is 1.42 bits per heavy atom. The predicted octanol–water partition coefficient (Wildman–Crippen LogP) is 2.98. The first-order valence-corrected chi connectivity index (χ1v) is 7.19. The lowest BCUT2D eigenvalue weighted by molar-refractivity contribution is -0.142. The first kappa shape index (κ1) is 12.9. The van der Waals surface area contributed by atoms with Crippen molar-refractivity contribution in [3.8, 4) is 0 Å². The van der Waals surface area contributed by atoms with E-state index in [0.29, 0.717) is 12.6 Å². The van der Waals surface area contributed by atoms with Gasteiger partial charge in [0.15, 0.2) is 0 Å². The van der Waals surface area contributed by atoms with Crippen LogP contribution in [0.25, 0.3) is 0 Å². The molecule has 1 aliphatic heterocycles. The van der Waals surface area contributed by atoms with E-state index in [0.717, 1.165) is 24.4 Å². The fourth-order valence-electron chi connectivity index (χ4n) is 3.52. The van der Waals surface area contributed by atoms with Gasteiger partial charge in [-0.2, -0.15) is 0 Å². The number of likely N-dealkylation sites (tertiary alicyclic amines) is 1. The van der Waals surface area contributed by atoms with E-state index in [1.807, 2.05) is 19.1 Å². The molecule has 3 atom stereocenters. The number of benzene rings is 1. The van der Waals surface area contributed by atoms with Gasteiger partial charge in [0, 0.05) is 24.2 Å². The van der Waals surface area contributed by atoms with Crippen LogP contribution in [0.3, 0.4) is 0 Å². The number of fused-ring (bicyclic) bond motifs is 1. The molecule has 2 aliphatic rings. The van der Waals surface area contributed by atoms with Crippen molar-refractivity contribution < 1.29 is 9.90 Å². The lowest BCUT2D eigenvalue weighted by atomic mass is 9.99. The highest BCUT2D eigenvalue weighted by Gasteiger charge is 2.39. The molecule has 0 amide bonds. The lowest BCUT2D eigenvalue weighted by Crippen LogP contribution is -2.26. The molecule has 1 aromatic rings. The predicted molar refractivity (Wildman–Crippen MR) is 74.4 cm³/mol. The Kier molecular flexibility index (Phi) is 3.27. The second-order valence-corrected chi connectivity index (χ2v) is 6.21. The Morgan fingerprint density at radius 2 is 2.21 bits per heavy atom. The Morgan fingerprint density at radius 3 is 2.89 bits per heavy atom. The highest BCUT2D eigenvalue weighted by Crippen LogP contribution is 2.40. The molecule has 0 saturated carbocycles. The van der Waals surface area contributed by atoms with Gasteiger partial charge in [0.1, 0.15) is 0 Å². The summed E-state index contributed by atoms with van der Waals surface area (Å²) in [4.78, 5) is 13.6. The molecule has 0 bridgehead atoms. The first-order valence-electron chi connectivity index (χ1n) is 6.81. The number of carbonyl (C=O) groups is 1. The molecule has 1 N–H and O–H groups in total. The topological polar surface area (TPSA) is 40.5 Å². The summed E-state index contributed by atoms with van der Waals surface area (Å²) in [5.41, 5.74) is 2.66. The Hall–Kier alpha value is -1.06. The van der Waals surface area contributed by atoms with Crippen LogP contribution in [0.1, 0.15) is 30.5 Å². The van der Waals surface area contributed by atoms with E-state index in [2.05, 4.69) is 11.0 Å². The average Bonchev–Trinajstić information content (AvgIpc) is 2.91. The minimum Gasteiger partial charge on any atom is -0.481 e. The Labute approximate surface area is 118 Å². The molecule has 1 unspecified atom stereocenters. The van der Waals surface area contributed by atoms with Crippen LogP contribution in [-0.4, -0.2) is 29.1 Å². The maximum absolute atomic E-state index is 11.2. The van der Waals surface area contributed by atoms with Crippen molar-refractivity contribution in [1.29, 1.82) is 0 Å². The minimum absolute atomic E-state index is 0.226. The van der Waals surface area contributed by atoms with E-state index in [9.17, 15) is 9.90 Å². The van der Waals surface area contributed by atoms with E-state index in [1.54, 1.807) is 0 Å². The number of hydrogen-bond donors (Lipinski definition) is 1. The number of carboxylic acids is 1. The van der Waals surface area contributed by atoms with Gasteiger partial charge in [0.25, 0.3) is 0 Å². The van der Waals surface area contributed by atoms with E-state index in [1.165, 1.54) is 11.1 Å². The summed E-state index contributed by atoms with van der Waals surface area (Å²) in [6.07, 6.45) is 2.12. The fourth-order valence-corrected chi connectivity index (χ4v) is 3.72. The summed E-state index contributed by atoms with van der Waals surface area (Å²) in [6, 6.07) is 6.46. The smallest absolute Gasteiger partial charge is 0.308 e. The average molecular weight is 280 g/mol. The molecule has 4 heteroatoms. The molecular weight excluding hydrogens is 262 g/mol. The van der Waals surface area contributed by atoms with Crippen molar-refractivity contribution >= 4 is 17.6 Å². The van der Waals surface area contributed by atoms with Crippen molar-refractivity contribution in [2.45, 2.75) is 25.8 Å². The number of nitrogens with zero attached hydrogens (tertiary/aromatic N) is 1. The molecule has 1 fully saturated rings. The van der Waals surface area contributed by atoms with Gasteiger partial charge in [-0.05, 0) is 42.0 Å². The van der Waals surface area contributed by atoms with Crippen LogP contribution >= 0.6 is 11.6 Å². The second kappa shape index (κ2) is 4.80. The van der Waals surface area contributed by atoms with Gasteiger partial charge in [-0.1, -0.05) is 24.6 Å². The standard InChI is InChI=1S/C15H18ClNO2/c1-9-7-17(8-13(9)15(18)19)14-5-2-10-6-11(16)3-4-12(10)14/h3-4,6,9,13-14H,2,5,7-8H2,1H3,(H,18,19)/t9-,13-,14?/m1/s1. The van der Waals surface area contributed by atoms with Gasteiger partial charge in [0.05, 0.1) is 5.92 Å². The Bertz CT molecular complexity index is 517. The third-order valence-corrected chi connectivity index (χ3v) is 4.78. The number of carboxylic acid groups (broad SMARTS) is 1. The van der Waals surface area contributed by atoms with E-state index in [4.69, 9.17) is 11.6 Å². The van der Waals surface area contributed by atoms with E-state index in [-0.39, 0.29) is 11.8 Å². The highest BCUT2D eigenvalue weighted by atomic mass is 35.5. The van der Waals surface area contributed by atoms with Crippen LogP contribution in [0.15, 0.2) is 18.2 Å². The molecule has 1 aromatic carbocycles. The van der Waals surface area contributed by atoms with Crippen LogP contribution in [-0.2, 0) is 11.2 Å². The van der Waals surface area contributed by atoms with Crippen LogP contribution in [0, 0.1) is 11.8 Å². The molecule has 3 rings (SSSR count). The van der Waals surface area contributed by atoms with E-state index >= 15 is 0 Å². The second-order valence-electron chi connectivity index (χ2n) is 5.77. The van der Waals surface area contributed by atoms with Gasteiger partial charge in [-0.25, -0.2) is 0 Å². The molecule has 0 aromatic heterocycles. The number of aliphatic carboxylic acids is 1. The molecule has 102 valence electrons. The SMILES string of the molecule is C[C@@H]1CN(C2CCc3cc(Cl)ccc32)C[C@H]1C(=O)O. The zero-order chi connectivity index (χ0) is 13.6. The van der Waals surface area contributed by atoms with Crippen molar-refractivity contribution in [2.75, 3.05) is 13.1 Å². The monoisotopic (exact) mass is 279 g/mol. The van der Waals surface area contributed by atoms with Crippen LogP contribution in [0.5, 0.6) is 0 Å². The quantitative estimate of drug-likeness (QED) is 0.905. The number of hydrogen-bond acceptors (Lipinski definition) is 2. The number of aryl methyl sites for hydroxylation is 1. The normalized spacial score (nSPS) is 30.5. The van der Waals surface area contributed by atoms with Crippen LogP contribution < -0.4 is 0 Å². The zero-order valence-corrected chi connectivity index (χ0v) is 11.7. The van der Waals surface area contributed by atoms with Crippen molar-refractivity contribution in [3.05, 3.63) is 34.3 Å². The molecule has 1 saturated heterocycles. The lowest BCUT2D eigenvalue weighted by Gasteiger charge is -2.24. The van der Waals surface area contributed by atoms with Gasteiger partial charge >= 0.3 is 5.97 Å². The van der Waals surface area contributed by atoms with Gasteiger partial charge < -0.3 is 5.11 Å². The summed E-state index contributed by atoms with van der Waals surface area (Å²) in [7, 11) is 0. The van der Waals surface area contributed by atoms with Gasteiger partial charge in [-0.15, -0.1) is 0 Å². The van der Waals surface area contributed by atoms with Crippen molar-refractivity contribution in [2.24, 2.45) is 11.8 Å². The summed E-state index contributed by atoms with van der Waals surface area (Å²) < 4.78 is 0. The molecule has 0 spiro atoms. The largest absolute Gasteiger partial charge is 0.481 e. The maximum atomic E-state index is 11.2. The summed E-state index contributed by atoms with van der Waals surface area (Å²) in [6.45, 7) is 3.59. The Balaban J connectivity index is 1.81. The highest BCUT2D eigenvalue weighted by molar-refractivity contribution is 6.30. The molecule has 1 heterocycles. The van der Waals surface area contributed by atoms with E-state index < -0.39 is 5.97 Å². The number of rotatable bonds is 2. The third-order valence-electron chi connectivity index (χ3n) is 4.55. The molecular formula is C15H18ClNO2. The van der Waals surface area contributed by atoms with Crippen LogP contribution in [0.2, 0.25) is 5.02 Å². The van der Waals surface area contributed by atoms with Crippen molar-refractivity contribution in [1.82, 2.24) is 4.90 Å². The minimum atomic E-state index is -0.663. The van der Waals surface area contributed by atoms with Gasteiger partial charge in [0.2, 0.25) is 0 Å².